The van der Waals surface area contributed by atoms with Gasteiger partial charge in [-0.1, -0.05) is 94.4 Å². The molecule has 0 bridgehead atoms. The molecular weight excluding hydrogens is 703 g/mol. The standard InChI is InChI=1S/C42H53N5O4S2/c1-29-38(53-28-45-29)33-14-12-30(13-15-33)26-43-40(49)36-10-9-24-47(36)41(50)39(42(2,3)4)46-37(48)11-7-5-6-8-25-51-35-22-18-32(19-23-35)31-16-20-34(21-17-31)44-27-52/h12-23,27,36,39,45H,5-11,24-26,28H2,1-4H3,(H,43,49)(H,44,52)(H,46,48)/t36-,39+/m0/s1. The summed E-state index contributed by atoms with van der Waals surface area (Å²) in [5.41, 5.74) is 7.53. The van der Waals surface area contributed by atoms with Gasteiger partial charge in [-0.15, -0.1) is 11.8 Å². The second-order valence-corrected chi connectivity index (χ2v) is 16.0. The van der Waals surface area contributed by atoms with Gasteiger partial charge in [0.2, 0.25) is 17.7 Å². The van der Waals surface area contributed by atoms with E-state index in [1.54, 1.807) is 16.7 Å². The van der Waals surface area contributed by atoms with Crippen LogP contribution < -0.4 is 26.0 Å². The molecule has 3 amide bonds. The number of nitrogens with zero attached hydrogens (tertiary/aromatic N) is 1. The number of allylic oxidation sites excluding steroid dienone is 1. The number of amides is 3. The van der Waals surface area contributed by atoms with Gasteiger partial charge < -0.3 is 30.9 Å². The Morgan fingerprint density at radius 1 is 0.943 bits per heavy atom. The molecule has 2 heterocycles. The number of nitrogens with one attached hydrogen (secondary N) is 4. The number of unbranched alkanes of at least 4 members (excludes halogenated alkanes) is 3. The molecule has 0 aromatic heterocycles. The Morgan fingerprint density at radius 2 is 1.60 bits per heavy atom. The zero-order valence-electron chi connectivity index (χ0n) is 31.3. The number of ether oxygens (including phenoxy) is 1. The molecule has 5 rings (SSSR count). The molecule has 9 nitrogen and oxygen atoms in total. The highest BCUT2D eigenvalue weighted by molar-refractivity contribution is 8.08. The Balaban J connectivity index is 1.01. The largest absolute Gasteiger partial charge is 0.494 e. The van der Waals surface area contributed by atoms with Crippen LogP contribution in [0.5, 0.6) is 5.75 Å². The van der Waals surface area contributed by atoms with Crippen molar-refractivity contribution in [2.75, 3.05) is 24.3 Å². The molecule has 282 valence electrons. The molecule has 3 aromatic rings. The molecule has 3 aromatic carbocycles. The second kappa shape index (κ2) is 19.1. The van der Waals surface area contributed by atoms with E-state index in [0.29, 0.717) is 32.5 Å². The van der Waals surface area contributed by atoms with Crippen LogP contribution in [0.2, 0.25) is 0 Å². The molecule has 0 unspecified atom stereocenters. The maximum atomic E-state index is 13.9. The molecular formula is C42H53N5O4S2. The highest BCUT2D eigenvalue weighted by Crippen LogP contribution is 2.34. The molecule has 0 radical (unpaired) electrons. The molecule has 0 aliphatic carbocycles. The number of carbonyl (C=O) groups is 3. The number of thiocarbonyl (C=S) groups is 1. The maximum Gasteiger partial charge on any atom is 0.246 e. The van der Waals surface area contributed by atoms with Gasteiger partial charge in [-0.3, -0.25) is 14.4 Å². The number of hydrogen-bond donors (Lipinski definition) is 4. The van der Waals surface area contributed by atoms with Crippen LogP contribution in [0.25, 0.3) is 16.0 Å². The SMILES string of the molecule is CC1=C(c2ccc(CNC(=O)[C@@H]3CCCN3C(=O)[C@@H](NC(=O)CCCCCCOc3ccc(-c4ccc(NC=S)cc4)cc3)C(C)(C)C)cc2)SCN1. The average molecular weight is 756 g/mol. The van der Waals surface area contributed by atoms with Gasteiger partial charge >= 0.3 is 0 Å². The lowest BCUT2D eigenvalue weighted by molar-refractivity contribution is -0.143. The maximum absolute atomic E-state index is 13.9. The van der Waals surface area contributed by atoms with Crippen LogP contribution in [0.3, 0.4) is 0 Å². The zero-order valence-corrected chi connectivity index (χ0v) is 33.0. The van der Waals surface area contributed by atoms with Gasteiger partial charge in [-0.25, -0.2) is 0 Å². The number of likely N-dealkylation sites (tertiary alicyclic amines) is 1. The lowest BCUT2D eigenvalue weighted by Crippen LogP contribution is -2.57. The first-order valence-electron chi connectivity index (χ1n) is 18.6. The summed E-state index contributed by atoms with van der Waals surface area (Å²) in [4.78, 5) is 43.2. The van der Waals surface area contributed by atoms with Crippen molar-refractivity contribution in [3.63, 3.8) is 0 Å². The van der Waals surface area contributed by atoms with Crippen molar-refractivity contribution >= 4 is 57.8 Å². The topological polar surface area (TPSA) is 112 Å². The molecule has 1 saturated heterocycles. The van der Waals surface area contributed by atoms with Crippen LogP contribution in [0.1, 0.15) is 83.8 Å². The first-order chi connectivity index (χ1) is 25.5. The molecule has 0 spiro atoms. The van der Waals surface area contributed by atoms with Crippen LogP contribution >= 0.6 is 24.0 Å². The van der Waals surface area contributed by atoms with Crippen LogP contribution in [-0.4, -0.2) is 59.2 Å². The van der Waals surface area contributed by atoms with Crippen molar-refractivity contribution in [3.05, 3.63) is 89.6 Å². The fourth-order valence-electron chi connectivity index (χ4n) is 6.64. The zero-order chi connectivity index (χ0) is 37.8. The third-order valence-electron chi connectivity index (χ3n) is 9.70. The van der Waals surface area contributed by atoms with Gasteiger partial charge in [-0.05, 0) is 84.5 Å². The first-order valence-corrected chi connectivity index (χ1v) is 20.1. The number of thioether (sulfide) groups is 1. The predicted molar refractivity (Wildman–Crippen MR) is 220 cm³/mol. The minimum absolute atomic E-state index is 0.138. The lowest BCUT2D eigenvalue weighted by Gasteiger charge is -2.35. The highest BCUT2D eigenvalue weighted by Gasteiger charge is 2.41. The van der Waals surface area contributed by atoms with Gasteiger partial charge in [0.25, 0.3) is 0 Å². The van der Waals surface area contributed by atoms with E-state index in [9.17, 15) is 14.4 Å². The van der Waals surface area contributed by atoms with E-state index >= 15 is 0 Å². The van der Waals surface area contributed by atoms with Crippen molar-refractivity contribution in [2.24, 2.45) is 5.41 Å². The fourth-order valence-corrected chi connectivity index (χ4v) is 7.80. The Labute approximate surface area is 324 Å². The number of carbonyl (C=O) groups excluding carboxylic acids is 3. The summed E-state index contributed by atoms with van der Waals surface area (Å²) in [6.07, 6.45) is 5.16. The second-order valence-electron chi connectivity index (χ2n) is 14.8. The third kappa shape index (κ3) is 11.3. The van der Waals surface area contributed by atoms with E-state index < -0.39 is 17.5 Å². The van der Waals surface area contributed by atoms with Crippen molar-refractivity contribution in [3.8, 4) is 16.9 Å². The molecule has 0 saturated carbocycles. The van der Waals surface area contributed by atoms with E-state index in [1.165, 1.54) is 21.7 Å². The fraction of sp³-hybridized carbons (Fsp3) is 0.429. The Hall–Kier alpha value is -4.35. The summed E-state index contributed by atoms with van der Waals surface area (Å²) in [7, 11) is 0. The van der Waals surface area contributed by atoms with E-state index in [1.807, 2.05) is 57.2 Å². The minimum Gasteiger partial charge on any atom is -0.494 e. The molecule has 2 aliphatic heterocycles. The van der Waals surface area contributed by atoms with Crippen molar-refractivity contribution in [1.29, 1.82) is 0 Å². The molecule has 2 aliphatic rings. The molecule has 53 heavy (non-hydrogen) atoms. The number of rotatable bonds is 17. The minimum atomic E-state index is -0.719. The van der Waals surface area contributed by atoms with Crippen LogP contribution in [0, 0.1) is 5.41 Å². The van der Waals surface area contributed by atoms with Gasteiger partial charge in [0.1, 0.15) is 17.8 Å². The van der Waals surface area contributed by atoms with Gasteiger partial charge in [0.15, 0.2) is 0 Å². The number of hydrogen-bond acceptors (Lipinski definition) is 7. The molecule has 4 N–H and O–H groups in total. The summed E-state index contributed by atoms with van der Waals surface area (Å²) in [6, 6.07) is 23.2. The first kappa shape index (κ1) is 39.8. The summed E-state index contributed by atoms with van der Waals surface area (Å²) in [5.74, 6) is 1.23. The molecule has 11 heteroatoms. The van der Waals surface area contributed by atoms with Gasteiger partial charge in [0.05, 0.1) is 18.0 Å². The van der Waals surface area contributed by atoms with E-state index in [4.69, 9.17) is 17.0 Å². The lowest BCUT2D eigenvalue weighted by atomic mass is 9.85. The summed E-state index contributed by atoms with van der Waals surface area (Å²) >= 11 is 6.63. The highest BCUT2D eigenvalue weighted by atomic mass is 32.2. The van der Waals surface area contributed by atoms with Crippen molar-refractivity contribution < 1.29 is 19.1 Å². The Bertz CT molecular complexity index is 1740. The molecule has 1 fully saturated rings. The Morgan fingerprint density at radius 3 is 2.25 bits per heavy atom. The van der Waals surface area contributed by atoms with Crippen molar-refractivity contribution in [2.45, 2.75) is 91.3 Å². The molecule has 2 atom stereocenters. The summed E-state index contributed by atoms with van der Waals surface area (Å²) in [6.45, 7) is 9.44. The van der Waals surface area contributed by atoms with E-state index in [-0.39, 0.29) is 17.7 Å². The van der Waals surface area contributed by atoms with Crippen molar-refractivity contribution in [1.82, 2.24) is 20.9 Å². The Kier molecular flexibility index (Phi) is 14.4. The van der Waals surface area contributed by atoms with E-state index in [0.717, 1.165) is 66.1 Å². The third-order valence-corrected chi connectivity index (χ3v) is 10.9. The summed E-state index contributed by atoms with van der Waals surface area (Å²) < 4.78 is 5.95. The van der Waals surface area contributed by atoms with Gasteiger partial charge in [-0.2, -0.15) is 0 Å². The quantitative estimate of drug-likeness (QED) is 0.0814. The predicted octanol–water partition coefficient (Wildman–Crippen LogP) is 7.87. The normalized spacial score (nSPS) is 16.2. The summed E-state index contributed by atoms with van der Waals surface area (Å²) in [5, 5.41) is 12.4. The number of anilines is 1. The van der Waals surface area contributed by atoms with Crippen LogP contribution in [0.4, 0.5) is 5.69 Å². The van der Waals surface area contributed by atoms with Crippen LogP contribution in [-0.2, 0) is 20.9 Å². The van der Waals surface area contributed by atoms with E-state index in [2.05, 4.69) is 64.6 Å². The van der Waals surface area contributed by atoms with Gasteiger partial charge in [0, 0.05) is 35.8 Å². The monoisotopic (exact) mass is 755 g/mol. The van der Waals surface area contributed by atoms with Crippen LogP contribution in [0.15, 0.2) is 78.5 Å². The smallest absolute Gasteiger partial charge is 0.246 e. The number of benzene rings is 3. The average Bonchev–Trinajstić information content (AvgIpc) is 3.82.